The molecule has 0 radical (unpaired) electrons. The monoisotopic (exact) mass is 319 g/mol. The Labute approximate surface area is 121 Å². The second-order valence-electron chi connectivity index (χ2n) is 4.46. The maximum absolute atomic E-state index is 12.1. The first-order valence-electron chi connectivity index (χ1n) is 6.29. The number of ether oxygens (including phenoxy) is 1. The van der Waals surface area contributed by atoms with Gasteiger partial charge in [0.15, 0.2) is 9.90 Å². The Kier molecular flexibility index (Phi) is 5.08. The van der Waals surface area contributed by atoms with Gasteiger partial charge in [-0.05, 0) is 25.8 Å². The van der Waals surface area contributed by atoms with E-state index in [-0.39, 0.29) is 9.90 Å². The molecule has 2 heterocycles. The average molecular weight is 319 g/mol. The van der Waals surface area contributed by atoms with Gasteiger partial charge in [0.25, 0.3) is 10.0 Å². The van der Waals surface area contributed by atoms with E-state index in [0.29, 0.717) is 12.6 Å². The molecule has 0 bridgehead atoms. The van der Waals surface area contributed by atoms with E-state index in [9.17, 15) is 13.2 Å². The number of thiazole rings is 1. The van der Waals surface area contributed by atoms with Crippen molar-refractivity contribution in [2.45, 2.75) is 29.5 Å². The first-order valence-corrected chi connectivity index (χ1v) is 8.65. The number of nitrogens with zero attached hydrogens (tertiary/aromatic N) is 1. The van der Waals surface area contributed by atoms with Crippen molar-refractivity contribution in [1.82, 2.24) is 15.0 Å². The molecule has 1 aliphatic rings. The summed E-state index contributed by atoms with van der Waals surface area (Å²) < 4.78 is 31.2. The topological polar surface area (TPSA) is 97.4 Å². The number of carbonyl (C=O) groups is 1. The quantitative estimate of drug-likeness (QED) is 0.734. The van der Waals surface area contributed by atoms with Gasteiger partial charge in [0.1, 0.15) is 0 Å². The average Bonchev–Trinajstić information content (AvgIpc) is 3.08. The normalized spacial score (nSPS) is 19.1. The van der Waals surface area contributed by atoms with Gasteiger partial charge in [0.2, 0.25) is 0 Å². The standard InChI is InChI=1S/C11H17N3O4S2/c1-18-10(15)9-11(19-7-13-9)20(16,17)14-6-4-8-3-2-5-12-8/h7-8,12,14H,2-6H2,1H3/t8-/m1/s1. The van der Waals surface area contributed by atoms with Crippen LogP contribution in [0, 0.1) is 0 Å². The van der Waals surface area contributed by atoms with Crippen molar-refractivity contribution < 1.29 is 17.9 Å². The highest BCUT2D eigenvalue weighted by atomic mass is 32.2. The van der Waals surface area contributed by atoms with Crippen LogP contribution in [-0.2, 0) is 14.8 Å². The van der Waals surface area contributed by atoms with E-state index in [1.54, 1.807) is 0 Å². The third-order valence-electron chi connectivity index (χ3n) is 3.10. The lowest BCUT2D eigenvalue weighted by Gasteiger charge is -2.10. The number of hydrogen-bond acceptors (Lipinski definition) is 7. The van der Waals surface area contributed by atoms with Gasteiger partial charge in [-0.15, -0.1) is 11.3 Å². The maximum atomic E-state index is 12.1. The minimum Gasteiger partial charge on any atom is -0.464 e. The molecular formula is C11H17N3O4S2. The van der Waals surface area contributed by atoms with Gasteiger partial charge < -0.3 is 10.1 Å². The summed E-state index contributed by atoms with van der Waals surface area (Å²) in [7, 11) is -2.53. The fourth-order valence-electron chi connectivity index (χ4n) is 2.09. The summed E-state index contributed by atoms with van der Waals surface area (Å²) in [6.07, 6.45) is 2.92. The Hall–Kier alpha value is -1.03. The van der Waals surface area contributed by atoms with Gasteiger partial charge in [-0.1, -0.05) is 0 Å². The van der Waals surface area contributed by atoms with Crippen molar-refractivity contribution in [3.63, 3.8) is 0 Å². The molecule has 7 nitrogen and oxygen atoms in total. The minimum absolute atomic E-state index is 0.0938. The molecule has 2 rings (SSSR count). The lowest BCUT2D eigenvalue weighted by molar-refractivity contribution is 0.0590. The molecule has 1 aromatic rings. The Morgan fingerprint density at radius 1 is 1.65 bits per heavy atom. The summed E-state index contributed by atoms with van der Waals surface area (Å²) in [4.78, 5) is 15.2. The summed E-state index contributed by atoms with van der Waals surface area (Å²) in [6.45, 7) is 1.32. The summed E-state index contributed by atoms with van der Waals surface area (Å²) in [5.74, 6) is -0.746. The van der Waals surface area contributed by atoms with Crippen LogP contribution in [0.2, 0.25) is 0 Å². The van der Waals surface area contributed by atoms with Crippen LogP contribution in [-0.4, -0.2) is 45.6 Å². The van der Waals surface area contributed by atoms with E-state index < -0.39 is 16.0 Å². The third-order valence-corrected chi connectivity index (χ3v) is 5.94. The molecule has 0 saturated carbocycles. The largest absolute Gasteiger partial charge is 0.464 e. The smallest absolute Gasteiger partial charge is 0.358 e. The van der Waals surface area contributed by atoms with Crippen LogP contribution in [0.3, 0.4) is 0 Å². The van der Waals surface area contributed by atoms with Crippen LogP contribution in [0.4, 0.5) is 0 Å². The highest BCUT2D eigenvalue weighted by Crippen LogP contribution is 2.20. The molecule has 9 heteroatoms. The van der Waals surface area contributed by atoms with Crippen molar-refractivity contribution >= 4 is 27.3 Å². The minimum atomic E-state index is -3.72. The molecule has 0 unspecified atom stereocenters. The number of rotatable bonds is 6. The van der Waals surface area contributed by atoms with Crippen molar-refractivity contribution in [1.29, 1.82) is 0 Å². The summed E-state index contributed by atoms with van der Waals surface area (Å²) in [5.41, 5.74) is 1.16. The number of methoxy groups -OCH3 is 1. The van der Waals surface area contributed by atoms with Crippen LogP contribution in [0.25, 0.3) is 0 Å². The molecule has 112 valence electrons. The van der Waals surface area contributed by atoms with Gasteiger partial charge in [-0.2, -0.15) is 0 Å². The zero-order chi connectivity index (χ0) is 14.6. The van der Waals surface area contributed by atoms with E-state index in [0.717, 1.165) is 37.1 Å². The molecular weight excluding hydrogens is 302 g/mol. The van der Waals surface area contributed by atoms with Crippen LogP contribution < -0.4 is 10.0 Å². The van der Waals surface area contributed by atoms with E-state index in [1.165, 1.54) is 12.6 Å². The lowest BCUT2D eigenvalue weighted by Crippen LogP contribution is -2.31. The number of hydrogen-bond donors (Lipinski definition) is 2. The second kappa shape index (κ2) is 6.61. The predicted octanol–water partition coefficient (Wildman–Crippen LogP) is 0.350. The van der Waals surface area contributed by atoms with Crippen LogP contribution >= 0.6 is 11.3 Å². The molecule has 0 aliphatic carbocycles. The van der Waals surface area contributed by atoms with Crippen LogP contribution in [0.5, 0.6) is 0 Å². The fourth-order valence-corrected chi connectivity index (χ4v) is 4.32. The molecule has 1 aliphatic heterocycles. The predicted molar refractivity (Wildman–Crippen MR) is 74.3 cm³/mol. The Morgan fingerprint density at radius 3 is 3.10 bits per heavy atom. The lowest BCUT2D eigenvalue weighted by atomic mass is 10.2. The van der Waals surface area contributed by atoms with E-state index in [4.69, 9.17) is 0 Å². The SMILES string of the molecule is COC(=O)c1ncsc1S(=O)(=O)NCC[C@H]1CCCN1. The molecule has 2 N–H and O–H groups in total. The van der Waals surface area contributed by atoms with E-state index in [2.05, 4.69) is 19.8 Å². The number of nitrogens with one attached hydrogen (secondary N) is 2. The highest BCUT2D eigenvalue weighted by molar-refractivity contribution is 7.91. The van der Waals surface area contributed by atoms with Crippen molar-refractivity contribution in [2.75, 3.05) is 20.2 Å². The molecule has 1 atom stereocenters. The molecule has 0 amide bonds. The van der Waals surface area contributed by atoms with Crippen molar-refractivity contribution in [2.24, 2.45) is 0 Å². The van der Waals surface area contributed by atoms with Crippen LogP contribution in [0.1, 0.15) is 29.8 Å². The van der Waals surface area contributed by atoms with Crippen molar-refractivity contribution in [3.05, 3.63) is 11.2 Å². The number of carbonyl (C=O) groups excluding carboxylic acids is 1. The fraction of sp³-hybridized carbons (Fsp3) is 0.636. The van der Waals surface area contributed by atoms with Gasteiger partial charge in [0.05, 0.1) is 12.6 Å². The summed E-state index contributed by atoms with van der Waals surface area (Å²) >= 11 is 0.905. The van der Waals surface area contributed by atoms with E-state index in [1.807, 2.05) is 0 Å². The zero-order valence-electron chi connectivity index (χ0n) is 11.1. The zero-order valence-corrected chi connectivity index (χ0v) is 12.7. The maximum Gasteiger partial charge on any atom is 0.358 e. The molecule has 1 saturated heterocycles. The number of esters is 1. The van der Waals surface area contributed by atoms with Crippen LogP contribution in [0.15, 0.2) is 9.72 Å². The van der Waals surface area contributed by atoms with E-state index >= 15 is 0 Å². The third kappa shape index (κ3) is 3.54. The number of sulfonamides is 1. The highest BCUT2D eigenvalue weighted by Gasteiger charge is 2.26. The van der Waals surface area contributed by atoms with Gasteiger partial charge in [0, 0.05) is 12.6 Å². The first kappa shape index (κ1) is 15.4. The number of aromatic nitrogens is 1. The van der Waals surface area contributed by atoms with Gasteiger partial charge in [-0.3, -0.25) is 0 Å². The molecule has 0 spiro atoms. The Balaban J connectivity index is 1.99. The molecule has 1 aromatic heterocycles. The molecule has 1 fully saturated rings. The second-order valence-corrected chi connectivity index (χ2v) is 7.28. The van der Waals surface area contributed by atoms with Gasteiger partial charge >= 0.3 is 5.97 Å². The Morgan fingerprint density at radius 2 is 2.45 bits per heavy atom. The first-order chi connectivity index (χ1) is 9.54. The summed E-state index contributed by atoms with van der Waals surface area (Å²) in [5, 5.41) is 3.30. The molecule has 20 heavy (non-hydrogen) atoms. The van der Waals surface area contributed by atoms with Gasteiger partial charge in [-0.25, -0.2) is 22.9 Å². The van der Waals surface area contributed by atoms with Crippen molar-refractivity contribution in [3.8, 4) is 0 Å². The Bertz CT molecular complexity index is 564. The molecule has 0 aromatic carbocycles. The summed E-state index contributed by atoms with van der Waals surface area (Å²) in [6, 6.07) is 0.360.